The van der Waals surface area contributed by atoms with Crippen LogP contribution in [0.3, 0.4) is 0 Å². The van der Waals surface area contributed by atoms with Crippen molar-refractivity contribution >= 4 is 11.8 Å². The van der Waals surface area contributed by atoms with Crippen LogP contribution in [0.1, 0.15) is 37.0 Å². The van der Waals surface area contributed by atoms with Crippen LogP contribution < -0.4 is 5.32 Å². The molecule has 0 aliphatic heterocycles. The van der Waals surface area contributed by atoms with Crippen LogP contribution in [0, 0.1) is 6.92 Å². The van der Waals surface area contributed by atoms with E-state index < -0.39 is 6.04 Å². The molecule has 0 saturated carbocycles. The third-order valence-corrected chi connectivity index (χ3v) is 4.66. The number of hydrogen-bond acceptors (Lipinski definition) is 2. The van der Waals surface area contributed by atoms with E-state index in [1.165, 1.54) is 0 Å². The molecule has 0 aromatic heterocycles. The summed E-state index contributed by atoms with van der Waals surface area (Å²) in [6.07, 6.45) is 1.64. The molecule has 1 atom stereocenters. The quantitative estimate of drug-likeness (QED) is 0.738. The molecule has 0 saturated heterocycles. The molecule has 0 fully saturated rings. The first-order valence-electron chi connectivity index (χ1n) is 9.71. The molecule has 0 bridgehead atoms. The minimum Gasteiger partial charge on any atom is -0.355 e. The maximum Gasteiger partial charge on any atom is 0.242 e. The van der Waals surface area contributed by atoms with Crippen LogP contribution in [0.15, 0.2) is 54.6 Å². The average Bonchev–Trinajstić information content (AvgIpc) is 2.66. The first kappa shape index (κ1) is 20.7. The largest absolute Gasteiger partial charge is 0.355 e. The summed E-state index contributed by atoms with van der Waals surface area (Å²) in [6.45, 7) is 6.96. The fraction of sp³-hybridized carbons (Fsp3) is 0.391. The molecular formula is C23H30N2O2. The van der Waals surface area contributed by atoms with Crippen molar-refractivity contribution in [3.05, 3.63) is 71.3 Å². The van der Waals surface area contributed by atoms with E-state index in [1.807, 2.05) is 63.2 Å². The smallest absolute Gasteiger partial charge is 0.242 e. The van der Waals surface area contributed by atoms with E-state index in [0.29, 0.717) is 25.9 Å². The summed E-state index contributed by atoms with van der Waals surface area (Å²) in [6, 6.07) is 17.6. The fourth-order valence-corrected chi connectivity index (χ4v) is 3.29. The highest BCUT2D eigenvalue weighted by molar-refractivity contribution is 5.88. The van der Waals surface area contributed by atoms with Gasteiger partial charge in [0.05, 0.1) is 6.42 Å². The monoisotopic (exact) mass is 366 g/mol. The molecule has 144 valence electrons. The van der Waals surface area contributed by atoms with Crippen LogP contribution in [-0.4, -0.2) is 35.8 Å². The lowest BCUT2D eigenvalue weighted by Gasteiger charge is -2.30. The molecule has 27 heavy (non-hydrogen) atoms. The predicted molar refractivity (Wildman–Crippen MR) is 110 cm³/mol. The van der Waals surface area contributed by atoms with Crippen molar-refractivity contribution in [2.24, 2.45) is 0 Å². The second-order valence-corrected chi connectivity index (χ2v) is 6.81. The molecular weight excluding hydrogens is 336 g/mol. The normalized spacial score (nSPS) is 11.7. The molecule has 2 aromatic carbocycles. The van der Waals surface area contributed by atoms with Crippen molar-refractivity contribution in [3.63, 3.8) is 0 Å². The SMILES string of the molecule is CCNC(=O)C(CC)N(CCc1ccccc1)C(=O)Cc1cccc(C)c1. The lowest BCUT2D eigenvalue weighted by atomic mass is 10.0. The molecule has 2 amide bonds. The third-order valence-electron chi connectivity index (χ3n) is 4.66. The summed E-state index contributed by atoms with van der Waals surface area (Å²) in [7, 11) is 0. The molecule has 0 aliphatic rings. The van der Waals surface area contributed by atoms with E-state index >= 15 is 0 Å². The Labute approximate surface area is 162 Å². The van der Waals surface area contributed by atoms with Gasteiger partial charge in [0, 0.05) is 13.1 Å². The number of rotatable bonds is 9. The Bertz CT molecular complexity index is 743. The van der Waals surface area contributed by atoms with Crippen LogP contribution >= 0.6 is 0 Å². The van der Waals surface area contributed by atoms with Gasteiger partial charge in [-0.2, -0.15) is 0 Å². The number of nitrogens with one attached hydrogen (secondary N) is 1. The minimum atomic E-state index is -0.439. The number of aryl methyl sites for hydroxylation is 1. The van der Waals surface area contributed by atoms with Crippen LogP contribution in [0.2, 0.25) is 0 Å². The highest BCUT2D eigenvalue weighted by Crippen LogP contribution is 2.13. The zero-order valence-electron chi connectivity index (χ0n) is 16.6. The van der Waals surface area contributed by atoms with Gasteiger partial charge in [0.15, 0.2) is 0 Å². The molecule has 1 N–H and O–H groups in total. The van der Waals surface area contributed by atoms with Crippen LogP contribution in [0.5, 0.6) is 0 Å². The highest BCUT2D eigenvalue weighted by atomic mass is 16.2. The zero-order valence-corrected chi connectivity index (χ0v) is 16.6. The van der Waals surface area contributed by atoms with Gasteiger partial charge in [-0.15, -0.1) is 0 Å². The van der Waals surface area contributed by atoms with Crippen LogP contribution in [-0.2, 0) is 22.4 Å². The van der Waals surface area contributed by atoms with Crippen molar-refractivity contribution in [1.82, 2.24) is 10.2 Å². The predicted octanol–water partition coefficient (Wildman–Crippen LogP) is 3.52. The van der Waals surface area contributed by atoms with Gasteiger partial charge < -0.3 is 10.2 Å². The maximum atomic E-state index is 13.1. The number of amides is 2. The molecule has 4 heteroatoms. The average molecular weight is 367 g/mol. The number of likely N-dealkylation sites (N-methyl/N-ethyl adjacent to an activating group) is 1. The summed E-state index contributed by atoms with van der Waals surface area (Å²) in [5.41, 5.74) is 3.28. The molecule has 0 heterocycles. The summed E-state index contributed by atoms with van der Waals surface area (Å²) in [5.74, 6) is -0.0831. The van der Waals surface area contributed by atoms with E-state index in [1.54, 1.807) is 4.90 Å². The molecule has 2 aromatic rings. The number of benzene rings is 2. The second-order valence-electron chi connectivity index (χ2n) is 6.81. The zero-order chi connectivity index (χ0) is 19.6. The Morgan fingerprint density at radius 1 is 1.00 bits per heavy atom. The van der Waals surface area contributed by atoms with Gasteiger partial charge in [0.25, 0.3) is 0 Å². The second kappa shape index (κ2) is 10.5. The molecule has 0 radical (unpaired) electrons. The van der Waals surface area contributed by atoms with Crippen LogP contribution in [0.4, 0.5) is 0 Å². The fourth-order valence-electron chi connectivity index (χ4n) is 3.29. The van der Waals surface area contributed by atoms with Gasteiger partial charge in [-0.05, 0) is 37.8 Å². The van der Waals surface area contributed by atoms with Gasteiger partial charge in [-0.1, -0.05) is 67.1 Å². The van der Waals surface area contributed by atoms with E-state index in [4.69, 9.17) is 0 Å². The topological polar surface area (TPSA) is 49.4 Å². The Morgan fingerprint density at radius 3 is 2.33 bits per heavy atom. The Balaban J connectivity index is 2.18. The van der Waals surface area contributed by atoms with Gasteiger partial charge in [0.1, 0.15) is 6.04 Å². The van der Waals surface area contributed by atoms with Crippen molar-refractivity contribution < 1.29 is 9.59 Å². The van der Waals surface area contributed by atoms with E-state index in [0.717, 1.165) is 23.1 Å². The summed E-state index contributed by atoms with van der Waals surface area (Å²) < 4.78 is 0. The molecule has 0 aliphatic carbocycles. The summed E-state index contributed by atoms with van der Waals surface area (Å²) >= 11 is 0. The van der Waals surface area contributed by atoms with E-state index in [2.05, 4.69) is 17.4 Å². The lowest BCUT2D eigenvalue weighted by molar-refractivity contribution is -0.140. The number of carbonyl (C=O) groups excluding carboxylic acids is 2. The first-order chi connectivity index (χ1) is 13.0. The van der Waals surface area contributed by atoms with E-state index in [-0.39, 0.29) is 11.8 Å². The van der Waals surface area contributed by atoms with Crippen molar-refractivity contribution in [2.75, 3.05) is 13.1 Å². The molecule has 1 unspecified atom stereocenters. The summed E-state index contributed by atoms with van der Waals surface area (Å²) in [4.78, 5) is 27.4. The van der Waals surface area contributed by atoms with Crippen molar-refractivity contribution in [3.8, 4) is 0 Å². The van der Waals surface area contributed by atoms with E-state index in [9.17, 15) is 9.59 Å². The number of nitrogens with zero attached hydrogens (tertiary/aromatic N) is 1. The van der Waals surface area contributed by atoms with Gasteiger partial charge in [-0.25, -0.2) is 0 Å². The third kappa shape index (κ3) is 6.24. The minimum absolute atomic E-state index is 0.00497. The maximum absolute atomic E-state index is 13.1. The van der Waals surface area contributed by atoms with Gasteiger partial charge in [0.2, 0.25) is 11.8 Å². The van der Waals surface area contributed by atoms with Crippen molar-refractivity contribution in [1.29, 1.82) is 0 Å². The van der Waals surface area contributed by atoms with Crippen LogP contribution in [0.25, 0.3) is 0 Å². The Morgan fingerprint density at radius 2 is 1.70 bits per heavy atom. The molecule has 0 spiro atoms. The first-order valence-corrected chi connectivity index (χ1v) is 9.71. The standard InChI is InChI=1S/C23H30N2O2/c1-4-21(23(27)24-5-2)25(15-14-19-11-7-6-8-12-19)22(26)17-20-13-9-10-18(3)16-20/h6-13,16,21H,4-5,14-15,17H2,1-3H3,(H,24,27). The number of carbonyl (C=O) groups is 2. The molecule has 4 nitrogen and oxygen atoms in total. The Hall–Kier alpha value is -2.62. The lowest BCUT2D eigenvalue weighted by Crippen LogP contribution is -2.50. The molecule has 2 rings (SSSR count). The van der Waals surface area contributed by atoms with Gasteiger partial charge in [-0.3, -0.25) is 9.59 Å². The Kier molecular flexibility index (Phi) is 8.05. The van der Waals surface area contributed by atoms with Gasteiger partial charge >= 0.3 is 0 Å². The van der Waals surface area contributed by atoms with Crippen molar-refractivity contribution in [2.45, 2.75) is 46.1 Å². The number of hydrogen-bond donors (Lipinski definition) is 1. The summed E-state index contributed by atoms with van der Waals surface area (Å²) in [5, 5.41) is 2.87. The highest BCUT2D eigenvalue weighted by Gasteiger charge is 2.27.